The number of benzene rings is 1. The van der Waals surface area contributed by atoms with E-state index in [9.17, 15) is 14.4 Å². The minimum atomic E-state index is -0.824. The van der Waals surface area contributed by atoms with Crippen molar-refractivity contribution in [1.29, 1.82) is 0 Å². The Bertz CT molecular complexity index is 928. The van der Waals surface area contributed by atoms with Crippen molar-refractivity contribution in [2.45, 2.75) is 71.2 Å². The van der Waals surface area contributed by atoms with Gasteiger partial charge >= 0.3 is 0 Å². The van der Waals surface area contributed by atoms with Gasteiger partial charge in [-0.15, -0.1) is 0 Å². The van der Waals surface area contributed by atoms with E-state index in [2.05, 4.69) is 24.5 Å². The fourth-order valence-electron chi connectivity index (χ4n) is 4.70. The van der Waals surface area contributed by atoms with E-state index in [4.69, 9.17) is 4.74 Å². The van der Waals surface area contributed by atoms with Crippen LogP contribution in [0.3, 0.4) is 0 Å². The third kappa shape index (κ3) is 6.42. The second-order valence-electron chi connectivity index (χ2n) is 10.3. The van der Waals surface area contributed by atoms with Crippen molar-refractivity contribution in [3.05, 3.63) is 36.0 Å². The van der Waals surface area contributed by atoms with Gasteiger partial charge in [-0.3, -0.25) is 19.3 Å². The van der Waals surface area contributed by atoms with Crippen LogP contribution in [0.25, 0.3) is 6.08 Å². The first-order chi connectivity index (χ1) is 16.6. The number of nitrogens with zero attached hydrogens (tertiary/aromatic N) is 2. The predicted molar refractivity (Wildman–Crippen MR) is 136 cm³/mol. The van der Waals surface area contributed by atoms with E-state index in [1.165, 1.54) is 0 Å². The monoisotopic (exact) mass is 484 g/mol. The van der Waals surface area contributed by atoms with Crippen molar-refractivity contribution in [2.75, 3.05) is 20.6 Å². The largest absolute Gasteiger partial charge is 0.488 e. The summed E-state index contributed by atoms with van der Waals surface area (Å²) < 4.78 is 6.26. The van der Waals surface area contributed by atoms with E-state index in [0.717, 1.165) is 5.56 Å². The van der Waals surface area contributed by atoms with Crippen molar-refractivity contribution >= 4 is 23.8 Å². The molecule has 2 bridgehead atoms. The van der Waals surface area contributed by atoms with Crippen LogP contribution in [-0.4, -0.2) is 72.4 Å². The van der Waals surface area contributed by atoms with E-state index in [0.29, 0.717) is 37.5 Å². The zero-order valence-corrected chi connectivity index (χ0v) is 21.8. The number of likely N-dealkylation sites (tertiary alicyclic amines) is 1. The number of hydrogen-bond acceptors (Lipinski definition) is 5. The number of ether oxygens (including phenoxy) is 1. The van der Waals surface area contributed by atoms with Crippen LogP contribution < -0.4 is 15.4 Å². The van der Waals surface area contributed by atoms with Crippen LogP contribution >= 0.6 is 0 Å². The number of amides is 3. The lowest BCUT2D eigenvalue weighted by Gasteiger charge is -2.34. The summed E-state index contributed by atoms with van der Waals surface area (Å²) in [7, 11) is 3.78. The molecule has 0 spiro atoms. The number of fused-ring (bicyclic) bond motifs is 7. The highest BCUT2D eigenvalue weighted by atomic mass is 16.5. The normalized spacial score (nSPS) is 24.5. The van der Waals surface area contributed by atoms with Crippen molar-refractivity contribution < 1.29 is 19.1 Å². The van der Waals surface area contributed by atoms with Crippen LogP contribution in [0.4, 0.5) is 0 Å². The average molecular weight is 485 g/mol. The molecule has 0 radical (unpaired) electrons. The fourth-order valence-corrected chi connectivity index (χ4v) is 4.70. The van der Waals surface area contributed by atoms with Crippen LogP contribution in [0.2, 0.25) is 0 Å². The summed E-state index contributed by atoms with van der Waals surface area (Å²) >= 11 is 0. The molecular weight excluding hydrogens is 444 g/mol. The lowest BCUT2D eigenvalue weighted by Crippen LogP contribution is -2.59. The summed E-state index contributed by atoms with van der Waals surface area (Å²) in [4.78, 5) is 44.0. The third-order valence-corrected chi connectivity index (χ3v) is 6.96. The van der Waals surface area contributed by atoms with Gasteiger partial charge in [-0.05, 0) is 56.1 Å². The van der Waals surface area contributed by atoms with Gasteiger partial charge in [0.1, 0.15) is 23.9 Å². The molecule has 3 heterocycles. The van der Waals surface area contributed by atoms with E-state index >= 15 is 0 Å². The molecule has 1 saturated heterocycles. The molecule has 1 fully saturated rings. The highest BCUT2D eigenvalue weighted by molar-refractivity contribution is 5.94. The average Bonchev–Trinajstić information content (AvgIpc) is 3.23. The predicted octanol–water partition coefficient (Wildman–Crippen LogP) is 2.64. The van der Waals surface area contributed by atoms with Gasteiger partial charge in [-0.1, -0.05) is 46.2 Å². The Kier molecular flexibility index (Phi) is 8.94. The van der Waals surface area contributed by atoms with Gasteiger partial charge < -0.3 is 20.3 Å². The summed E-state index contributed by atoms with van der Waals surface area (Å²) in [6, 6.07) is 5.59. The number of nitrogens with one attached hydrogen (secondary N) is 2. The summed E-state index contributed by atoms with van der Waals surface area (Å²) in [5, 5.41) is 5.76. The Hall–Kier alpha value is -2.87. The van der Waals surface area contributed by atoms with Crippen molar-refractivity contribution in [1.82, 2.24) is 20.4 Å². The Labute approximate surface area is 209 Å². The zero-order chi connectivity index (χ0) is 25.7. The first-order valence-electron chi connectivity index (χ1n) is 12.6. The topological polar surface area (TPSA) is 91.0 Å². The molecule has 3 aliphatic heterocycles. The zero-order valence-electron chi connectivity index (χ0n) is 21.8. The molecule has 2 N–H and O–H groups in total. The van der Waals surface area contributed by atoms with Crippen LogP contribution in [0.15, 0.2) is 30.5 Å². The molecule has 0 saturated carbocycles. The van der Waals surface area contributed by atoms with Crippen LogP contribution in [0.1, 0.15) is 52.5 Å². The molecule has 192 valence electrons. The highest BCUT2D eigenvalue weighted by Gasteiger charge is 2.46. The smallest absolute Gasteiger partial charge is 0.247 e. The van der Waals surface area contributed by atoms with Gasteiger partial charge in [0.15, 0.2) is 0 Å². The molecular formula is C27H40N4O4. The lowest BCUT2D eigenvalue weighted by atomic mass is 9.97. The quantitative estimate of drug-likeness (QED) is 0.648. The molecule has 1 aromatic rings. The van der Waals surface area contributed by atoms with Gasteiger partial charge in [-0.25, -0.2) is 0 Å². The van der Waals surface area contributed by atoms with Gasteiger partial charge in [0.25, 0.3) is 0 Å². The van der Waals surface area contributed by atoms with E-state index in [1.807, 2.05) is 57.1 Å². The molecule has 35 heavy (non-hydrogen) atoms. The first-order valence-corrected chi connectivity index (χ1v) is 12.6. The third-order valence-electron chi connectivity index (χ3n) is 6.96. The summed E-state index contributed by atoms with van der Waals surface area (Å²) in [6.45, 7) is 8.51. The minimum absolute atomic E-state index is 0.0843. The van der Waals surface area contributed by atoms with Gasteiger partial charge in [0.2, 0.25) is 17.7 Å². The Balaban J connectivity index is 1.99. The molecule has 0 aliphatic carbocycles. The van der Waals surface area contributed by atoms with Crippen molar-refractivity contribution in [3.63, 3.8) is 0 Å². The summed E-state index contributed by atoms with van der Waals surface area (Å²) in [5.41, 5.74) is 0.918. The number of likely N-dealkylation sites (N-methyl/N-ethyl adjacent to an activating group) is 1. The van der Waals surface area contributed by atoms with E-state index in [1.54, 1.807) is 17.2 Å². The Morgan fingerprint density at radius 2 is 1.83 bits per heavy atom. The molecule has 0 unspecified atom stereocenters. The maximum atomic E-state index is 13.7. The van der Waals surface area contributed by atoms with Crippen molar-refractivity contribution in [2.24, 2.45) is 11.8 Å². The van der Waals surface area contributed by atoms with Crippen LogP contribution in [0, 0.1) is 11.8 Å². The standard InChI is InChI=1S/C27H40N4O4/c1-7-18(4)23-25(32)28-14-12-19-8-10-20(11-9-19)35-22-13-15-31(24(22)26(33)29-23)27(34)21(30(5)6)16-17(2)3/h8-12,14,17-18,21-24H,7,13,15-16H2,1-6H3,(H,28,32)(H,29,33)/t18-,21+,22+,23+,24+/m1/s1. The van der Waals surface area contributed by atoms with E-state index in [-0.39, 0.29) is 29.7 Å². The van der Waals surface area contributed by atoms with Crippen molar-refractivity contribution in [3.8, 4) is 5.75 Å². The number of hydrogen-bond donors (Lipinski definition) is 2. The Morgan fingerprint density at radius 1 is 1.14 bits per heavy atom. The maximum absolute atomic E-state index is 13.7. The number of rotatable bonds is 6. The van der Waals surface area contributed by atoms with Gasteiger partial charge in [-0.2, -0.15) is 0 Å². The maximum Gasteiger partial charge on any atom is 0.247 e. The van der Waals surface area contributed by atoms with Crippen LogP contribution in [-0.2, 0) is 14.4 Å². The molecule has 8 nitrogen and oxygen atoms in total. The second kappa shape index (κ2) is 11.7. The highest BCUT2D eigenvalue weighted by Crippen LogP contribution is 2.27. The van der Waals surface area contributed by atoms with E-state index < -0.39 is 18.2 Å². The van der Waals surface area contributed by atoms with Crippen LogP contribution in [0.5, 0.6) is 5.75 Å². The minimum Gasteiger partial charge on any atom is -0.488 e. The molecule has 3 amide bonds. The first kappa shape index (κ1) is 26.7. The molecule has 1 aromatic carbocycles. The SMILES string of the molecule is CC[C@@H](C)[C@@H]1NC(=O)[C@@H]2[C@H](CCN2C(=O)[C@H](CC(C)C)N(C)C)Oc2ccc(cc2)C=CNC1=O. The number of carbonyl (C=O) groups excluding carboxylic acids is 3. The molecule has 5 atom stereocenters. The molecule has 0 aromatic heterocycles. The molecule has 4 rings (SSSR count). The molecule has 8 heteroatoms. The summed E-state index contributed by atoms with van der Waals surface area (Å²) in [5.74, 6) is 0.157. The fraction of sp³-hybridized carbons (Fsp3) is 0.593. The Morgan fingerprint density at radius 3 is 2.43 bits per heavy atom. The molecule has 3 aliphatic rings. The number of carbonyl (C=O) groups is 3. The summed E-state index contributed by atoms with van der Waals surface area (Å²) in [6.07, 6.45) is 4.82. The van der Waals surface area contributed by atoms with Gasteiger partial charge in [0, 0.05) is 19.2 Å². The second-order valence-corrected chi connectivity index (χ2v) is 10.3. The van der Waals surface area contributed by atoms with Gasteiger partial charge in [0.05, 0.1) is 6.04 Å². The lowest BCUT2D eigenvalue weighted by molar-refractivity contribution is -0.145.